The Hall–Kier alpha value is -1.22. The molecular formula is C18H29NO2. The van der Waals surface area contributed by atoms with Crippen molar-refractivity contribution in [3.8, 4) is 11.5 Å². The third-order valence-electron chi connectivity index (χ3n) is 4.53. The molecule has 1 fully saturated rings. The third-order valence-corrected chi connectivity index (χ3v) is 4.53. The standard InChI is InChI=1S/C18H29NO2/c1-12(16-14(20)7-6-8-15(16)21)19-13-9-17(2,3)11-18(4,5)10-13/h6-8,12-13,19-21H,9-11H2,1-5H3. The first kappa shape index (κ1) is 16.2. The van der Waals surface area contributed by atoms with Gasteiger partial charge in [0.25, 0.3) is 0 Å². The van der Waals surface area contributed by atoms with Crippen LogP contribution in [0.1, 0.15) is 65.5 Å². The molecule has 3 heteroatoms. The van der Waals surface area contributed by atoms with Crippen LogP contribution >= 0.6 is 0 Å². The van der Waals surface area contributed by atoms with Crippen LogP contribution in [0.25, 0.3) is 0 Å². The van der Waals surface area contributed by atoms with E-state index in [4.69, 9.17) is 0 Å². The quantitative estimate of drug-likeness (QED) is 0.776. The number of hydrogen-bond acceptors (Lipinski definition) is 3. The van der Waals surface area contributed by atoms with E-state index < -0.39 is 0 Å². The van der Waals surface area contributed by atoms with Gasteiger partial charge in [-0.3, -0.25) is 0 Å². The first-order chi connectivity index (χ1) is 9.60. The van der Waals surface area contributed by atoms with Crippen molar-refractivity contribution in [2.75, 3.05) is 0 Å². The summed E-state index contributed by atoms with van der Waals surface area (Å²) in [6, 6.07) is 5.25. The minimum absolute atomic E-state index is 0.0686. The first-order valence-electron chi connectivity index (χ1n) is 7.87. The molecule has 2 rings (SSSR count). The van der Waals surface area contributed by atoms with E-state index in [0.29, 0.717) is 22.4 Å². The maximum absolute atomic E-state index is 10.00. The summed E-state index contributed by atoms with van der Waals surface area (Å²) in [5.41, 5.74) is 1.23. The van der Waals surface area contributed by atoms with Crippen LogP contribution in [-0.2, 0) is 0 Å². The molecule has 1 aromatic rings. The van der Waals surface area contributed by atoms with E-state index in [0.717, 1.165) is 12.8 Å². The Bertz CT molecular complexity index is 472. The lowest BCUT2D eigenvalue weighted by atomic mass is 9.63. The maximum Gasteiger partial charge on any atom is 0.124 e. The average Bonchev–Trinajstić information content (AvgIpc) is 2.23. The number of hydrogen-bond donors (Lipinski definition) is 3. The lowest BCUT2D eigenvalue weighted by Crippen LogP contribution is -2.44. The summed E-state index contributed by atoms with van der Waals surface area (Å²) in [5.74, 6) is 0.314. The van der Waals surface area contributed by atoms with Gasteiger partial charge in [-0.05, 0) is 49.1 Å². The third kappa shape index (κ3) is 3.91. The number of rotatable bonds is 3. The molecule has 0 radical (unpaired) electrons. The van der Waals surface area contributed by atoms with Crippen molar-refractivity contribution in [2.24, 2.45) is 10.8 Å². The Balaban J connectivity index is 2.14. The van der Waals surface area contributed by atoms with Gasteiger partial charge in [-0.25, -0.2) is 0 Å². The van der Waals surface area contributed by atoms with Gasteiger partial charge >= 0.3 is 0 Å². The predicted molar refractivity (Wildman–Crippen MR) is 86.5 cm³/mol. The first-order valence-corrected chi connectivity index (χ1v) is 7.87. The molecule has 0 saturated heterocycles. The minimum Gasteiger partial charge on any atom is -0.507 e. The lowest BCUT2D eigenvalue weighted by Gasteiger charge is -2.46. The van der Waals surface area contributed by atoms with Crippen molar-refractivity contribution in [3.05, 3.63) is 23.8 Å². The molecule has 21 heavy (non-hydrogen) atoms. The molecule has 1 aliphatic rings. The Kier molecular flexibility index (Phi) is 4.25. The maximum atomic E-state index is 10.00. The second-order valence-electron chi connectivity index (χ2n) is 8.21. The summed E-state index contributed by atoms with van der Waals surface area (Å²) in [6.07, 6.45) is 3.47. The Morgan fingerprint density at radius 2 is 1.52 bits per heavy atom. The molecule has 3 N–H and O–H groups in total. The molecule has 0 amide bonds. The summed E-state index contributed by atoms with van der Waals surface area (Å²) in [7, 11) is 0. The fraction of sp³-hybridized carbons (Fsp3) is 0.667. The van der Waals surface area contributed by atoms with E-state index in [-0.39, 0.29) is 17.5 Å². The summed E-state index contributed by atoms with van der Waals surface area (Å²) in [4.78, 5) is 0. The zero-order valence-electron chi connectivity index (χ0n) is 13.9. The zero-order valence-corrected chi connectivity index (χ0v) is 13.9. The highest BCUT2D eigenvalue weighted by Gasteiger charge is 2.38. The Labute approximate surface area is 128 Å². The van der Waals surface area contributed by atoms with Gasteiger partial charge in [0, 0.05) is 12.1 Å². The largest absolute Gasteiger partial charge is 0.507 e. The van der Waals surface area contributed by atoms with Crippen LogP contribution in [-0.4, -0.2) is 16.3 Å². The van der Waals surface area contributed by atoms with Crippen LogP contribution in [0.15, 0.2) is 18.2 Å². The highest BCUT2D eigenvalue weighted by Crippen LogP contribution is 2.46. The highest BCUT2D eigenvalue weighted by molar-refractivity contribution is 5.44. The van der Waals surface area contributed by atoms with Gasteiger partial charge in [-0.15, -0.1) is 0 Å². The highest BCUT2D eigenvalue weighted by atomic mass is 16.3. The Morgan fingerprint density at radius 1 is 1.05 bits per heavy atom. The van der Waals surface area contributed by atoms with Crippen molar-refractivity contribution in [2.45, 2.75) is 66.0 Å². The molecule has 0 bridgehead atoms. The van der Waals surface area contributed by atoms with E-state index in [9.17, 15) is 10.2 Å². The van der Waals surface area contributed by atoms with E-state index in [1.165, 1.54) is 6.42 Å². The molecule has 0 heterocycles. The molecule has 1 aromatic carbocycles. The van der Waals surface area contributed by atoms with Gasteiger partial charge in [0.1, 0.15) is 11.5 Å². The van der Waals surface area contributed by atoms with Gasteiger partial charge < -0.3 is 15.5 Å². The monoisotopic (exact) mass is 291 g/mol. The van der Waals surface area contributed by atoms with Crippen LogP contribution in [0, 0.1) is 10.8 Å². The Morgan fingerprint density at radius 3 is 2.00 bits per heavy atom. The van der Waals surface area contributed by atoms with E-state index in [1.807, 2.05) is 6.92 Å². The smallest absolute Gasteiger partial charge is 0.124 e. The van der Waals surface area contributed by atoms with Gasteiger partial charge in [0.05, 0.1) is 5.56 Å². The van der Waals surface area contributed by atoms with Crippen LogP contribution in [0.2, 0.25) is 0 Å². The van der Waals surface area contributed by atoms with Gasteiger partial charge in [0.15, 0.2) is 0 Å². The topological polar surface area (TPSA) is 52.5 Å². The van der Waals surface area contributed by atoms with Gasteiger partial charge in [0.2, 0.25) is 0 Å². The fourth-order valence-corrected chi connectivity index (χ4v) is 4.39. The average molecular weight is 291 g/mol. The van der Waals surface area contributed by atoms with Crippen molar-refractivity contribution in [1.29, 1.82) is 0 Å². The minimum atomic E-state index is -0.0686. The second-order valence-corrected chi connectivity index (χ2v) is 8.21. The molecule has 0 aliphatic heterocycles. The van der Waals surface area contributed by atoms with E-state index in [1.54, 1.807) is 18.2 Å². The van der Waals surface area contributed by atoms with Crippen molar-refractivity contribution >= 4 is 0 Å². The number of aromatic hydroxyl groups is 2. The summed E-state index contributed by atoms with van der Waals surface area (Å²) in [5, 5.41) is 23.6. The molecule has 1 aliphatic carbocycles. The van der Waals surface area contributed by atoms with Crippen LogP contribution in [0.4, 0.5) is 0 Å². The zero-order chi connectivity index (χ0) is 15.8. The van der Waals surface area contributed by atoms with Crippen molar-refractivity contribution in [1.82, 2.24) is 5.32 Å². The second kappa shape index (κ2) is 5.53. The number of benzene rings is 1. The van der Waals surface area contributed by atoms with Crippen LogP contribution < -0.4 is 5.32 Å². The lowest BCUT2D eigenvalue weighted by molar-refractivity contribution is 0.0809. The normalized spacial score (nSPS) is 22.9. The molecular weight excluding hydrogens is 262 g/mol. The van der Waals surface area contributed by atoms with Gasteiger partial charge in [-0.1, -0.05) is 33.8 Å². The number of phenolic OH excluding ortho intramolecular Hbond substituents is 2. The van der Waals surface area contributed by atoms with Crippen molar-refractivity contribution in [3.63, 3.8) is 0 Å². The van der Waals surface area contributed by atoms with Gasteiger partial charge in [-0.2, -0.15) is 0 Å². The van der Waals surface area contributed by atoms with E-state index in [2.05, 4.69) is 33.0 Å². The molecule has 0 aromatic heterocycles. The summed E-state index contributed by atoms with van der Waals surface area (Å²) < 4.78 is 0. The molecule has 0 spiro atoms. The molecule has 1 unspecified atom stereocenters. The molecule has 3 nitrogen and oxygen atoms in total. The number of phenols is 2. The number of nitrogens with one attached hydrogen (secondary N) is 1. The van der Waals surface area contributed by atoms with Crippen LogP contribution in [0.5, 0.6) is 11.5 Å². The molecule has 1 atom stereocenters. The molecule has 118 valence electrons. The fourth-order valence-electron chi connectivity index (χ4n) is 4.39. The predicted octanol–water partition coefficient (Wildman–Crippen LogP) is 4.35. The molecule has 1 saturated carbocycles. The summed E-state index contributed by atoms with van der Waals surface area (Å²) >= 11 is 0. The van der Waals surface area contributed by atoms with Crippen molar-refractivity contribution < 1.29 is 10.2 Å². The summed E-state index contributed by atoms with van der Waals surface area (Å²) in [6.45, 7) is 11.3. The van der Waals surface area contributed by atoms with E-state index >= 15 is 0 Å². The van der Waals surface area contributed by atoms with Crippen LogP contribution in [0.3, 0.4) is 0 Å². The SMILES string of the molecule is CC(NC1CC(C)(C)CC(C)(C)C1)c1c(O)cccc1O.